The maximum absolute atomic E-state index is 13.5. The van der Waals surface area contributed by atoms with Gasteiger partial charge in [-0.2, -0.15) is 0 Å². The summed E-state index contributed by atoms with van der Waals surface area (Å²) < 4.78 is 21.7. The van der Waals surface area contributed by atoms with Crippen LogP contribution in [-0.4, -0.2) is 73.8 Å². The summed E-state index contributed by atoms with van der Waals surface area (Å²) in [6.45, 7) is 4.94. The fourth-order valence-corrected chi connectivity index (χ4v) is 6.19. The molecule has 0 unspecified atom stereocenters. The fraction of sp³-hybridized carbons (Fsp3) is 0.500. The molecule has 39 heavy (non-hydrogen) atoms. The van der Waals surface area contributed by atoms with E-state index in [0.717, 1.165) is 6.42 Å². The first-order valence-corrected chi connectivity index (χ1v) is 14.0. The predicted octanol–water partition coefficient (Wildman–Crippen LogP) is 4.03. The Morgan fingerprint density at radius 3 is 2.59 bits per heavy atom. The minimum Gasteiger partial charge on any atom is -0.493 e. The first-order chi connectivity index (χ1) is 18.9. The number of ether oxygens (including phenoxy) is 4. The number of amidine groups is 1. The maximum atomic E-state index is 13.5. The van der Waals surface area contributed by atoms with Crippen molar-refractivity contribution in [1.29, 1.82) is 0 Å². The SMILES string of the molecule is CCOC(=O)[C@H]1CCCN(C(=O)CC2=CSC3=NC(CC)=C(C(=O)OC)[C@@H](c4cccc(OC)c4OC)N23)C1. The van der Waals surface area contributed by atoms with Gasteiger partial charge in [-0.3, -0.25) is 9.59 Å². The van der Waals surface area contributed by atoms with Crippen LogP contribution in [0, 0.1) is 5.92 Å². The molecule has 4 rings (SSSR count). The molecule has 11 heteroatoms. The number of hydrogen-bond acceptors (Lipinski definition) is 10. The van der Waals surface area contributed by atoms with Crippen LogP contribution in [0.25, 0.3) is 0 Å². The van der Waals surface area contributed by atoms with Gasteiger partial charge in [-0.1, -0.05) is 30.8 Å². The average Bonchev–Trinajstić information content (AvgIpc) is 3.37. The number of nitrogens with zero attached hydrogens (tertiary/aromatic N) is 3. The van der Waals surface area contributed by atoms with Crippen LogP contribution < -0.4 is 9.47 Å². The number of methoxy groups -OCH3 is 3. The summed E-state index contributed by atoms with van der Waals surface area (Å²) in [5, 5.41) is 2.57. The van der Waals surface area contributed by atoms with E-state index in [-0.39, 0.29) is 24.2 Å². The largest absolute Gasteiger partial charge is 0.493 e. The fourth-order valence-electron chi connectivity index (χ4n) is 5.26. The van der Waals surface area contributed by atoms with Crippen LogP contribution in [0.5, 0.6) is 11.5 Å². The topological polar surface area (TPSA) is 107 Å². The van der Waals surface area contributed by atoms with E-state index in [4.69, 9.17) is 23.9 Å². The average molecular weight is 558 g/mol. The molecule has 0 spiro atoms. The van der Waals surface area contributed by atoms with E-state index >= 15 is 0 Å². The van der Waals surface area contributed by atoms with E-state index in [2.05, 4.69) is 0 Å². The molecule has 1 saturated heterocycles. The Kier molecular flexibility index (Phi) is 9.21. The number of carbonyl (C=O) groups excluding carboxylic acids is 3. The van der Waals surface area contributed by atoms with E-state index in [1.165, 1.54) is 18.9 Å². The molecule has 1 aromatic rings. The third-order valence-electron chi connectivity index (χ3n) is 7.08. The molecule has 10 nitrogen and oxygen atoms in total. The van der Waals surface area contributed by atoms with E-state index in [1.54, 1.807) is 32.1 Å². The third kappa shape index (κ3) is 5.63. The third-order valence-corrected chi connectivity index (χ3v) is 7.97. The molecule has 3 aliphatic heterocycles. The Bertz CT molecular complexity index is 1230. The quantitative estimate of drug-likeness (QED) is 0.416. The zero-order valence-electron chi connectivity index (χ0n) is 23.0. The molecular formula is C28H35N3O7S. The van der Waals surface area contributed by atoms with Crippen molar-refractivity contribution in [2.75, 3.05) is 41.0 Å². The lowest BCUT2D eigenvalue weighted by atomic mass is 9.91. The molecule has 1 aromatic carbocycles. The number of hydrogen-bond donors (Lipinski definition) is 0. The highest BCUT2D eigenvalue weighted by atomic mass is 32.2. The monoisotopic (exact) mass is 557 g/mol. The van der Waals surface area contributed by atoms with Gasteiger partial charge in [-0.15, -0.1) is 0 Å². The van der Waals surface area contributed by atoms with Gasteiger partial charge in [0.15, 0.2) is 16.7 Å². The summed E-state index contributed by atoms with van der Waals surface area (Å²) in [5.74, 6) is -0.177. The molecule has 0 aliphatic carbocycles. The van der Waals surface area contributed by atoms with Gasteiger partial charge in [0.1, 0.15) is 0 Å². The molecule has 0 N–H and O–H groups in total. The molecule has 0 radical (unpaired) electrons. The van der Waals surface area contributed by atoms with Gasteiger partial charge in [-0.05, 0) is 37.7 Å². The minimum absolute atomic E-state index is 0.0836. The standard InChI is InChI=1S/C28H35N3O7S/c1-6-20-23(27(34)37-5)24(19-11-8-12-21(35-3)25(19)36-4)31-18(16-39-28(31)29-20)14-22(32)30-13-9-10-17(15-30)26(33)38-7-2/h8,11-12,16-17,24H,6-7,9-10,13-15H2,1-5H3/t17-,24+/m0/s1. The Balaban J connectivity index is 1.70. The highest BCUT2D eigenvalue weighted by Gasteiger charge is 2.43. The summed E-state index contributed by atoms with van der Waals surface area (Å²) in [5.41, 5.74) is 2.39. The van der Waals surface area contributed by atoms with Crippen molar-refractivity contribution in [2.45, 2.75) is 45.6 Å². The van der Waals surface area contributed by atoms with Gasteiger partial charge in [-0.25, -0.2) is 9.79 Å². The van der Waals surface area contributed by atoms with Crippen LogP contribution in [0.4, 0.5) is 0 Å². The number of allylic oxidation sites excluding steroid dienone is 1. The number of carbonyl (C=O) groups is 3. The number of para-hydroxylation sites is 1. The second-order valence-corrected chi connectivity index (χ2v) is 10.1. The van der Waals surface area contributed by atoms with Gasteiger partial charge in [0.05, 0.1) is 57.6 Å². The van der Waals surface area contributed by atoms with E-state index in [0.29, 0.717) is 71.7 Å². The molecule has 0 aromatic heterocycles. The van der Waals surface area contributed by atoms with Crippen molar-refractivity contribution in [3.63, 3.8) is 0 Å². The zero-order chi connectivity index (χ0) is 28.1. The molecule has 0 saturated carbocycles. The van der Waals surface area contributed by atoms with Gasteiger partial charge in [0.25, 0.3) is 0 Å². The number of esters is 2. The summed E-state index contributed by atoms with van der Waals surface area (Å²) in [6, 6.07) is 4.86. The molecule has 0 bridgehead atoms. The second-order valence-electron chi connectivity index (χ2n) is 9.29. The molecular weight excluding hydrogens is 522 g/mol. The molecule has 3 aliphatic rings. The molecule has 1 amide bonds. The number of piperidine rings is 1. The lowest BCUT2D eigenvalue weighted by Crippen LogP contribution is -2.44. The van der Waals surface area contributed by atoms with Crippen molar-refractivity contribution >= 4 is 34.8 Å². The molecule has 2 atom stereocenters. The minimum atomic E-state index is -0.646. The lowest BCUT2D eigenvalue weighted by molar-refractivity contribution is -0.151. The summed E-state index contributed by atoms with van der Waals surface area (Å²) in [4.78, 5) is 47.5. The van der Waals surface area contributed by atoms with E-state index in [9.17, 15) is 14.4 Å². The van der Waals surface area contributed by atoms with Crippen LogP contribution in [0.1, 0.15) is 51.1 Å². The van der Waals surface area contributed by atoms with Crippen molar-refractivity contribution in [3.8, 4) is 11.5 Å². The number of benzene rings is 1. The number of fused-ring (bicyclic) bond motifs is 1. The first-order valence-electron chi connectivity index (χ1n) is 13.1. The number of thioether (sulfide) groups is 1. The maximum Gasteiger partial charge on any atom is 0.338 e. The Labute approximate surface area is 233 Å². The molecule has 3 heterocycles. The van der Waals surface area contributed by atoms with Gasteiger partial charge in [0, 0.05) is 24.4 Å². The van der Waals surface area contributed by atoms with E-state index < -0.39 is 12.0 Å². The van der Waals surface area contributed by atoms with Crippen molar-refractivity contribution < 1.29 is 33.3 Å². The Morgan fingerprint density at radius 2 is 1.92 bits per heavy atom. The van der Waals surface area contributed by atoms with Crippen molar-refractivity contribution in [2.24, 2.45) is 10.9 Å². The number of rotatable bonds is 9. The Morgan fingerprint density at radius 1 is 1.13 bits per heavy atom. The molecule has 1 fully saturated rings. The van der Waals surface area contributed by atoms with Crippen LogP contribution >= 0.6 is 11.8 Å². The number of aliphatic imine (C=N–C) groups is 1. The van der Waals surface area contributed by atoms with Crippen LogP contribution in [-0.2, 0) is 23.9 Å². The zero-order valence-corrected chi connectivity index (χ0v) is 23.8. The highest BCUT2D eigenvalue weighted by molar-refractivity contribution is 8.16. The Hall–Kier alpha value is -3.47. The van der Waals surface area contributed by atoms with Crippen LogP contribution in [0.15, 0.2) is 45.6 Å². The van der Waals surface area contributed by atoms with Crippen LogP contribution in [0.3, 0.4) is 0 Å². The van der Waals surface area contributed by atoms with Crippen molar-refractivity contribution in [1.82, 2.24) is 9.80 Å². The second kappa shape index (κ2) is 12.6. The summed E-state index contributed by atoms with van der Waals surface area (Å²) in [6.07, 6.45) is 2.04. The van der Waals surface area contributed by atoms with Gasteiger partial charge < -0.3 is 28.7 Å². The smallest absolute Gasteiger partial charge is 0.338 e. The predicted molar refractivity (Wildman–Crippen MR) is 147 cm³/mol. The number of likely N-dealkylation sites (tertiary alicyclic amines) is 1. The highest BCUT2D eigenvalue weighted by Crippen LogP contribution is 2.49. The van der Waals surface area contributed by atoms with Gasteiger partial charge >= 0.3 is 11.9 Å². The molecule has 210 valence electrons. The lowest BCUT2D eigenvalue weighted by Gasteiger charge is -2.38. The summed E-state index contributed by atoms with van der Waals surface area (Å²) >= 11 is 1.41. The van der Waals surface area contributed by atoms with Gasteiger partial charge in [0.2, 0.25) is 5.91 Å². The van der Waals surface area contributed by atoms with E-state index in [1.807, 2.05) is 29.4 Å². The summed E-state index contributed by atoms with van der Waals surface area (Å²) in [7, 11) is 4.45. The van der Waals surface area contributed by atoms with Crippen LogP contribution in [0.2, 0.25) is 0 Å². The number of amides is 1. The normalized spacial score (nSPS) is 20.6. The first kappa shape index (κ1) is 28.5. The van der Waals surface area contributed by atoms with Crippen molar-refractivity contribution in [3.05, 3.63) is 46.1 Å².